The van der Waals surface area contributed by atoms with Gasteiger partial charge in [-0.15, -0.1) is 0 Å². The highest BCUT2D eigenvalue weighted by Gasteiger charge is 2.09. The summed E-state index contributed by atoms with van der Waals surface area (Å²) in [6.45, 7) is 4.65. The van der Waals surface area contributed by atoms with Crippen LogP contribution in [0.5, 0.6) is 0 Å². The van der Waals surface area contributed by atoms with Crippen molar-refractivity contribution in [2.75, 3.05) is 0 Å². The maximum absolute atomic E-state index is 2.51. The van der Waals surface area contributed by atoms with E-state index in [2.05, 4.69) is 26.0 Å². The maximum Gasteiger partial charge on any atom is -0.0233 e. The minimum Gasteiger partial charge on any atom is -0.0854 e. The van der Waals surface area contributed by atoms with Gasteiger partial charge in [-0.2, -0.15) is 0 Å². The van der Waals surface area contributed by atoms with E-state index in [0.717, 1.165) is 11.8 Å². The third-order valence-corrected chi connectivity index (χ3v) is 3.62. The molecule has 1 unspecified atom stereocenters. The van der Waals surface area contributed by atoms with Gasteiger partial charge < -0.3 is 0 Å². The predicted molar refractivity (Wildman–Crippen MR) is 69.0 cm³/mol. The molecule has 15 heavy (non-hydrogen) atoms. The van der Waals surface area contributed by atoms with Crippen LogP contribution in [0.2, 0.25) is 0 Å². The summed E-state index contributed by atoms with van der Waals surface area (Å²) in [6, 6.07) is 0. The predicted octanol–water partition coefficient (Wildman–Crippen LogP) is 5.34. The van der Waals surface area contributed by atoms with Crippen molar-refractivity contribution in [3.63, 3.8) is 0 Å². The molecule has 1 aliphatic rings. The van der Waals surface area contributed by atoms with Crippen LogP contribution < -0.4 is 0 Å². The summed E-state index contributed by atoms with van der Waals surface area (Å²) in [6.07, 6.45) is 17.8. The lowest BCUT2D eigenvalue weighted by atomic mass is 9.88. The molecule has 0 aliphatic heterocycles. The molecule has 0 radical (unpaired) electrons. The number of unbranched alkanes of at least 4 members (excludes halogenated alkanes) is 2. The Balaban J connectivity index is 2.11. The summed E-state index contributed by atoms with van der Waals surface area (Å²) in [5, 5.41) is 0. The summed E-state index contributed by atoms with van der Waals surface area (Å²) in [5.41, 5.74) is 0. The van der Waals surface area contributed by atoms with E-state index in [4.69, 9.17) is 0 Å². The SMILES string of the molecule is CCCCCC(C)C=CC1CCCCC1. The van der Waals surface area contributed by atoms with Gasteiger partial charge in [0.15, 0.2) is 0 Å². The molecule has 1 rings (SSSR count). The highest BCUT2D eigenvalue weighted by Crippen LogP contribution is 2.25. The molecule has 0 aromatic carbocycles. The van der Waals surface area contributed by atoms with Crippen molar-refractivity contribution >= 4 is 0 Å². The molecule has 0 amide bonds. The lowest BCUT2D eigenvalue weighted by Gasteiger charge is -2.18. The third kappa shape index (κ3) is 6.02. The Morgan fingerprint density at radius 2 is 1.87 bits per heavy atom. The average molecular weight is 208 g/mol. The summed E-state index contributed by atoms with van der Waals surface area (Å²) in [5.74, 6) is 1.71. The van der Waals surface area contributed by atoms with Gasteiger partial charge in [-0.25, -0.2) is 0 Å². The lowest BCUT2D eigenvalue weighted by molar-refractivity contribution is 0.417. The van der Waals surface area contributed by atoms with Crippen molar-refractivity contribution in [2.45, 2.75) is 71.6 Å². The van der Waals surface area contributed by atoms with Gasteiger partial charge >= 0.3 is 0 Å². The zero-order chi connectivity index (χ0) is 10.9. The normalized spacial score (nSPS) is 20.9. The van der Waals surface area contributed by atoms with E-state index >= 15 is 0 Å². The van der Waals surface area contributed by atoms with Gasteiger partial charge in [0.05, 0.1) is 0 Å². The van der Waals surface area contributed by atoms with E-state index < -0.39 is 0 Å². The second-order valence-corrected chi connectivity index (χ2v) is 5.26. The van der Waals surface area contributed by atoms with Crippen molar-refractivity contribution in [2.24, 2.45) is 11.8 Å². The van der Waals surface area contributed by atoms with Gasteiger partial charge in [0.25, 0.3) is 0 Å². The fourth-order valence-electron chi connectivity index (χ4n) is 2.49. The largest absolute Gasteiger partial charge is 0.0854 e. The Morgan fingerprint density at radius 3 is 2.53 bits per heavy atom. The van der Waals surface area contributed by atoms with Gasteiger partial charge in [-0.05, 0) is 31.1 Å². The fourth-order valence-corrected chi connectivity index (χ4v) is 2.49. The maximum atomic E-state index is 2.51. The van der Waals surface area contributed by atoms with E-state index in [1.54, 1.807) is 0 Å². The van der Waals surface area contributed by atoms with Crippen LogP contribution in [0.1, 0.15) is 71.6 Å². The first kappa shape index (κ1) is 12.8. The summed E-state index contributed by atoms with van der Waals surface area (Å²) < 4.78 is 0. The Kier molecular flexibility index (Phi) is 6.80. The van der Waals surface area contributed by atoms with Gasteiger partial charge in [-0.1, -0.05) is 64.5 Å². The second kappa shape index (κ2) is 7.96. The van der Waals surface area contributed by atoms with Gasteiger partial charge in [0.1, 0.15) is 0 Å². The van der Waals surface area contributed by atoms with Crippen molar-refractivity contribution in [3.8, 4) is 0 Å². The molecule has 0 spiro atoms. The van der Waals surface area contributed by atoms with Crippen molar-refractivity contribution in [1.29, 1.82) is 0 Å². The van der Waals surface area contributed by atoms with Gasteiger partial charge in [0, 0.05) is 0 Å². The smallest absolute Gasteiger partial charge is 0.0233 e. The lowest BCUT2D eigenvalue weighted by Crippen LogP contribution is -2.03. The third-order valence-electron chi connectivity index (χ3n) is 3.62. The molecule has 0 bridgehead atoms. The topological polar surface area (TPSA) is 0 Å². The van der Waals surface area contributed by atoms with E-state index in [9.17, 15) is 0 Å². The van der Waals surface area contributed by atoms with Crippen molar-refractivity contribution in [1.82, 2.24) is 0 Å². The van der Waals surface area contributed by atoms with E-state index in [1.165, 1.54) is 57.8 Å². The Hall–Kier alpha value is -0.260. The molecular formula is C15H28. The van der Waals surface area contributed by atoms with Crippen LogP contribution in [-0.2, 0) is 0 Å². The minimum atomic E-state index is 0.804. The molecule has 1 atom stereocenters. The Labute approximate surface area is 96.2 Å². The second-order valence-electron chi connectivity index (χ2n) is 5.26. The van der Waals surface area contributed by atoms with Crippen LogP contribution in [0.4, 0.5) is 0 Å². The number of hydrogen-bond acceptors (Lipinski definition) is 0. The van der Waals surface area contributed by atoms with Crippen LogP contribution in [-0.4, -0.2) is 0 Å². The molecule has 1 aliphatic carbocycles. The number of allylic oxidation sites excluding steroid dienone is 2. The zero-order valence-electron chi connectivity index (χ0n) is 10.7. The van der Waals surface area contributed by atoms with Crippen LogP contribution in [0, 0.1) is 11.8 Å². The van der Waals surface area contributed by atoms with Crippen LogP contribution in [0.25, 0.3) is 0 Å². The first-order valence-electron chi connectivity index (χ1n) is 7.01. The first-order valence-corrected chi connectivity index (χ1v) is 7.01. The standard InChI is InChI=1S/C15H28/c1-3-4-6-9-14(2)12-13-15-10-7-5-8-11-15/h12-15H,3-11H2,1-2H3. The number of rotatable bonds is 6. The van der Waals surface area contributed by atoms with E-state index in [1.807, 2.05) is 0 Å². The Morgan fingerprint density at radius 1 is 1.13 bits per heavy atom. The summed E-state index contributed by atoms with van der Waals surface area (Å²) in [4.78, 5) is 0. The van der Waals surface area contributed by atoms with Crippen molar-refractivity contribution < 1.29 is 0 Å². The molecule has 0 saturated heterocycles. The molecule has 1 fully saturated rings. The summed E-state index contributed by atoms with van der Waals surface area (Å²) in [7, 11) is 0. The molecular weight excluding hydrogens is 180 g/mol. The van der Waals surface area contributed by atoms with Crippen molar-refractivity contribution in [3.05, 3.63) is 12.2 Å². The highest BCUT2D eigenvalue weighted by molar-refractivity contribution is 4.92. The molecule has 1 saturated carbocycles. The molecule has 0 nitrogen and oxygen atoms in total. The molecule has 88 valence electrons. The molecule has 0 aromatic heterocycles. The fraction of sp³-hybridized carbons (Fsp3) is 0.867. The zero-order valence-corrected chi connectivity index (χ0v) is 10.7. The minimum absolute atomic E-state index is 0.804. The van der Waals surface area contributed by atoms with Crippen LogP contribution in [0.3, 0.4) is 0 Å². The molecule has 0 heteroatoms. The van der Waals surface area contributed by atoms with Gasteiger partial charge in [0.2, 0.25) is 0 Å². The van der Waals surface area contributed by atoms with Gasteiger partial charge in [-0.3, -0.25) is 0 Å². The number of hydrogen-bond donors (Lipinski definition) is 0. The molecule has 0 N–H and O–H groups in total. The quantitative estimate of drug-likeness (QED) is 0.408. The summed E-state index contributed by atoms with van der Waals surface area (Å²) >= 11 is 0. The molecule has 0 heterocycles. The molecule has 0 aromatic rings. The van der Waals surface area contributed by atoms with Crippen LogP contribution in [0.15, 0.2) is 12.2 Å². The highest BCUT2D eigenvalue weighted by atomic mass is 14.2. The monoisotopic (exact) mass is 208 g/mol. The average Bonchev–Trinajstić information content (AvgIpc) is 2.28. The first-order chi connectivity index (χ1) is 7.33. The Bertz CT molecular complexity index is 163. The van der Waals surface area contributed by atoms with E-state index in [0.29, 0.717) is 0 Å². The van der Waals surface area contributed by atoms with E-state index in [-0.39, 0.29) is 0 Å². The van der Waals surface area contributed by atoms with Crippen LogP contribution >= 0.6 is 0 Å².